The summed E-state index contributed by atoms with van der Waals surface area (Å²) in [4.78, 5) is 4.39. The van der Waals surface area contributed by atoms with Crippen molar-refractivity contribution in [3.05, 3.63) is 64.5 Å². The van der Waals surface area contributed by atoms with Crippen LogP contribution in [0.1, 0.15) is 27.9 Å². The summed E-state index contributed by atoms with van der Waals surface area (Å²) in [5.74, 6) is 0. The molecule has 0 fully saturated rings. The molecule has 2 nitrogen and oxygen atoms in total. The standard InChI is InChI=1S/C16H20N2/c1-12-6-7-13(2)15(9-12)10-17-11-16-14(3)5-4-8-18-16/h4-9,17H,10-11H2,1-3H3. The van der Waals surface area contributed by atoms with Crippen LogP contribution in [0.4, 0.5) is 0 Å². The fraction of sp³-hybridized carbons (Fsp3) is 0.312. The zero-order valence-electron chi connectivity index (χ0n) is 11.3. The summed E-state index contributed by atoms with van der Waals surface area (Å²) in [6, 6.07) is 10.7. The molecule has 0 spiro atoms. The van der Waals surface area contributed by atoms with Crippen LogP contribution in [0.2, 0.25) is 0 Å². The number of aromatic nitrogens is 1. The Morgan fingerprint density at radius 3 is 2.61 bits per heavy atom. The van der Waals surface area contributed by atoms with Crippen molar-refractivity contribution in [1.82, 2.24) is 10.3 Å². The zero-order chi connectivity index (χ0) is 13.0. The highest BCUT2D eigenvalue weighted by Gasteiger charge is 2.01. The Kier molecular flexibility index (Phi) is 4.11. The molecule has 2 rings (SSSR count). The van der Waals surface area contributed by atoms with Crippen molar-refractivity contribution in [3.63, 3.8) is 0 Å². The lowest BCUT2D eigenvalue weighted by molar-refractivity contribution is 0.673. The van der Waals surface area contributed by atoms with Crippen molar-refractivity contribution in [2.75, 3.05) is 0 Å². The van der Waals surface area contributed by atoms with Gasteiger partial charge in [-0.25, -0.2) is 0 Å². The first-order valence-electron chi connectivity index (χ1n) is 6.34. The summed E-state index contributed by atoms with van der Waals surface area (Å²) in [7, 11) is 0. The maximum Gasteiger partial charge on any atom is 0.0570 e. The van der Waals surface area contributed by atoms with Crippen molar-refractivity contribution in [2.45, 2.75) is 33.9 Å². The molecule has 2 aromatic rings. The molecule has 1 N–H and O–H groups in total. The monoisotopic (exact) mass is 240 g/mol. The van der Waals surface area contributed by atoms with Gasteiger partial charge in [0.1, 0.15) is 0 Å². The van der Waals surface area contributed by atoms with Gasteiger partial charge in [-0.15, -0.1) is 0 Å². The maximum atomic E-state index is 4.39. The second kappa shape index (κ2) is 5.78. The third-order valence-electron chi connectivity index (χ3n) is 3.23. The first kappa shape index (κ1) is 12.8. The summed E-state index contributed by atoms with van der Waals surface area (Å²) >= 11 is 0. The van der Waals surface area contributed by atoms with Crippen LogP contribution < -0.4 is 5.32 Å². The summed E-state index contributed by atoms with van der Waals surface area (Å²) in [5, 5.41) is 3.46. The molecule has 94 valence electrons. The van der Waals surface area contributed by atoms with Crippen LogP contribution in [-0.2, 0) is 13.1 Å². The van der Waals surface area contributed by atoms with Gasteiger partial charge in [0.05, 0.1) is 5.69 Å². The van der Waals surface area contributed by atoms with E-state index in [1.165, 1.54) is 22.3 Å². The Morgan fingerprint density at radius 2 is 1.83 bits per heavy atom. The molecule has 1 aromatic heterocycles. The molecular formula is C16H20N2. The van der Waals surface area contributed by atoms with Crippen molar-refractivity contribution < 1.29 is 0 Å². The van der Waals surface area contributed by atoms with Crippen LogP contribution in [0.3, 0.4) is 0 Å². The molecule has 1 heterocycles. The van der Waals surface area contributed by atoms with Gasteiger partial charge in [0.2, 0.25) is 0 Å². The molecule has 2 heteroatoms. The van der Waals surface area contributed by atoms with Crippen molar-refractivity contribution in [1.29, 1.82) is 0 Å². The number of rotatable bonds is 4. The first-order valence-corrected chi connectivity index (χ1v) is 6.34. The topological polar surface area (TPSA) is 24.9 Å². The van der Waals surface area contributed by atoms with Crippen molar-refractivity contribution >= 4 is 0 Å². The van der Waals surface area contributed by atoms with Gasteiger partial charge in [-0.2, -0.15) is 0 Å². The number of hydrogen-bond acceptors (Lipinski definition) is 2. The molecule has 0 aliphatic rings. The van der Waals surface area contributed by atoms with E-state index in [-0.39, 0.29) is 0 Å². The molecule has 0 aliphatic carbocycles. The first-order chi connectivity index (χ1) is 8.66. The molecule has 0 saturated heterocycles. The van der Waals surface area contributed by atoms with Crippen molar-refractivity contribution in [2.24, 2.45) is 0 Å². The fourth-order valence-corrected chi connectivity index (χ4v) is 2.01. The third kappa shape index (κ3) is 3.17. The number of benzene rings is 1. The molecule has 0 saturated carbocycles. The average Bonchev–Trinajstić information content (AvgIpc) is 2.36. The predicted octanol–water partition coefficient (Wildman–Crippen LogP) is 3.30. The van der Waals surface area contributed by atoms with Gasteiger partial charge >= 0.3 is 0 Å². The summed E-state index contributed by atoms with van der Waals surface area (Å²) < 4.78 is 0. The molecule has 0 aliphatic heterocycles. The molecule has 0 unspecified atom stereocenters. The highest BCUT2D eigenvalue weighted by Crippen LogP contribution is 2.10. The summed E-state index contributed by atoms with van der Waals surface area (Å²) in [6.45, 7) is 8.10. The van der Waals surface area contributed by atoms with Gasteiger partial charge in [-0.3, -0.25) is 4.98 Å². The SMILES string of the molecule is Cc1ccc(C)c(CNCc2ncccc2C)c1. The van der Waals surface area contributed by atoms with E-state index in [1.54, 1.807) is 0 Å². The normalized spacial score (nSPS) is 10.6. The van der Waals surface area contributed by atoms with Crippen LogP contribution >= 0.6 is 0 Å². The highest BCUT2D eigenvalue weighted by atomic mass is 14.9. The second-order valence-corrected chi connectivity index (χ2v) is 4.80. The smallest absolute Gasteiger partial charge is 0.0570 e. The van der Waals surface area contributed by atoms with E-state index in [4.69, 9.17) is 0 Å². The quantitative estimate of drug-likeness (QED) is 0.887. The Morgan fingerprint density at radius 1 is 1.00 bits per heavy atom. The van der Waals surface area contributed by atoms with Gasteiger partial charge in [0.15, 0.2) is 0 Å². The molecule has 1 aromatic carbocycles. The van der Waals surface area contributed by atoms with Gasteiger partial charge in [0.25, 0.3) is 0 Å². The fourth-order valence-electron chi connectivity index (χ4n) is 2.01. The number of pyridine rings is 1. The lowest BCUT2D eigenvalue weighted by Gasteiger charge is -2.09. The van der Waals surface area contributed by atoms with E-state index in [0.717, 1.165) is 18.8 Å². The molecule has 18 heavy (non-hydrogen) atoms. The van der Waals surface area contributed by atoms with Gasteiger partial charge in [-0.1, -0.05) is 29.8 Å². The molecule has 0 bridgehead atoms. The Hall–Kier alpha value is -1.67. The minimum Gasteiger partial charge on any atom is -0.307 e. The van der Waals surface area contributed by atoms with Crippen LogP contribution in [0.15, 0.2) is 36.5 Å². The minimum atomic E-state index is 0.819. The summed E-state index contributed by atoms with van der Waals surface area (Å²) in [5.41, 5.74) is 6.38. The van der Waals surface area contributed by atoms with Crippen LogP contribution in [-0.4, -0.2) is 4.98 Å². The van der Waals surface area contributed by atoms with E-state index in [1.807, 2.05) is 12.3 Å². The predicted molar refractivity (Wildman–Crippen MR) is 75.4 cm³/mol. The van der Waals surface area contributed by atoms with E-state index < -0.39 is 0 Å². The van der Waals surface area contributed by atoms with E-state index in [2.05, 4.69) is 55.3 Å². The Labute approximate surface area is 109 Å². The Balaban J connectivity index is 1.96. The average molecular weight is 240 g/mol. The third-order valence-corrected chi connectivity index (χ3v) is 3.23. The number of hydrogen-bond donors (Lipinski definition) is 1. The number of nitrogens with one attached hydrogen (secondary N) is 1. The number of aryl methyl sites for hydroxylation is 3. The van der Waals surface area contributed by atoms with Crippen LogP contribution in [0.25, 0.3) is 0 Å². The van der Waals surface area contributed by atoms with Crippen LogP contribution in [0, 0.1) is 20.8 Å². The summed E-state index contributed by atoms with van der Waals surface area (Å²) in [6.07, 6.45) is 1.85. The molecule has 0 amide bonds. The second-order valence-electron chi connectivity index (χ2n) is 4.80. The van der Waals surface area contributed by atoms with E-state index in [9.17, 15) is 0 Å². The Bertz CT molecular complexity index is 532. The lowest BCUT2D eigenvalue weighted by atomic mass is 10.1. The highest BCUT2D eigenvalue weighted by molar-refractivity contribution is 5.30. The van der Waals surface area contributed by atoms with Gasteiger partial charge in [-0.05, 0) is 43.5 Å². The van der Waals surface area contributed by atoms with Crippen molar-refractivity contribution in [3.8, 4) is 0 Å². The van der Waals surface area contributed by atoms with Crippen LogP contribution in [0.5, 0.6) is 0 Å². The lowest BCUT2D eigenvalue weighted by Crippen LogP contribution is -2.15. The maximum absolute atomic E-state index is 4.39. The van der Waals surface area contributed by atoms with E-state index >= 15 is 0 Å². The minimum absolute atomic E-state index is 0.819. The van der Waals surface area contributed by atoms with E-state index in [0.29, 0.717) is 0 Å². The molecule has 0 radical (unpaired) electrons. The van der Waals surface area contributed by atoms with Gasteiger partial charge < -0.3 is 5.32 Å². The van der Waals surface area contributed by atoms with Gasteiger partial charge in [0, 0.05) is 19.3 Å². The molecular weight excluding hydrogens is 220 g/mol. The zero-order valence-corrected chi connectivity index (χ0v) is 11.3. The largest absolute Gasteiger partial charge is 0.307 e. The molecule has 0 atom stereocenters. The number of nitrogens with zero attached hydrogens (tertiary/aromatic N) is 1.